The van der Waals surface area contributed by atoms with Crippen molar-refractivity contribution >= 4 is 22.0 Å². The number of piperidine rings is 1. The number of hydrogen-bond acceptors (Lipinski definition) is 5. The Morgan fingerprint density at radius 3 is 2.45 bits per heavy atom. The zero-order chi connectivity index (χ0) is 21.7. The molecule has 0 spiro atoms. The molecule has 1 amide bonds. The smallest absolute Gasteiger partial charge is 0.491 e. The molecule has 0 unspecified atom stereocenters. The van der Waals surface area contributed by atoms with Crippen LogP contribution < -0.4 is 14.8 Å². The third-order valence-electron chi connectivity index (χ3n) is 4.11. The van der Waals surface area contributed by atoms with Crippen molar-refractivity contribution in [1.29, 1.82) is 0 Å². The summed E-state index contributed by atoms with van der Waals surface area (Å²) >= 11 is 3.19. The summed E-state index contributed by atoms with van der Waals surface area (Å²) in [4.78, 5) is 14.0. The van der Waals surface area contributed by atoms with Crippen molar-refractivity contribution in [3.63, 3.8) is 0 Å². The predicted octanol–water partition coefficient (Wildman–Crippen LogP) is 4.72. The monoisotopic (exact) mass is 482 g/mol. The van der Waals surface area contributed by atoms with Crippen molar-refractivity contribution < 1.29 is 32.2 Å². The highest BCUT2D eigenvalue weighted by atomic mass is 79.9. The molecule has 0 bridgehead atoms. The van der Waals surface area contributed by atoms with Gasteiger partial charge in [0.15, 0.2) is 0 Å². The summed E-state index contributed by atoms with van der Waals surface area (Å²) in [5, 5.41) is 2.89. The zero-order valence-electron chi connectivity index (χ0n) is 16.6. The van der Waals surface area contributed by atoms with Crippen molar-refractivity contribution in [2.24, 2.45) is 0 Å². The second-order valence-corrected chi connectivity index (χ2v) is 8.60. The summed E-state index contributed by atoms with van der Waals surface area (Å²) in [6.45, 7) is 8.15. The van der Waals surface area contributed by atoms with Gasteiger partial charge in [-0.05, 0) is 67.7 Å². The van der Waals surface area contributed by atoms with Gasteiger partial charge in [0.2, 0.25) is 0 Å². The molecule has 0 aliphatic carbocycles. The fraction of sp³-hybridized carbons (Fsp3) is 0.632. The molecule has 0 radical (unpaired) electrons. The number of likely N-dealkylation sites (tertiary alicyclic amines) is 1. The Bertz CT molecular complexity index is 687. The minimum absolute atomic E-state index is 0.0809. The van der Waals surface area contributed by atoms with E-state index in [1.165, 1.54) is 18.2 Å². The molecule has 6 nitrogen and oxygen atoms in total. The van der Waals surface area contributed by atoms with Crippen LogP contribution in [-0.4, -0.2) is 55.2 Å². The number of alkyl carbamates (subject to hydrolysis) is 1. The number of hydrogen-bond donors (Lipinski definition) is 1. The average Bonchev–Trinajstić information content (AvgIpc) is 2.55. The van der Waals surface area contributed by atoms with E-state index in [0.717, 1.165) is 25.9 Å². The van der Waals surface area contributed by atoms with Gasteiger partial charge >= 0.3 is 12.5 Å². The minimum Gasteiger partial charge on any atom is -0.491 e. The summed E-state index contributed by atoms with van der Waals surface area (Å²) in [5.74, 6) is 0.136. The van der Waals surface area contributed by atoms with E-state index in [4.69, 9.17) is 9.47 Å². The second-order valence-electron chi connectivity index (χ2n) is 7.75. The molecular weight excluding hydrogens is 457 g/mol. The number of halogens is 4. The number of alkyl halides is 3. The highest BCUT2D eigenvalue weighted by Crippen LogP contribution is 2.32. The Balaban J connectivity index is 1.70. The van der Waals surface area contributed by atoms with Gasteiger partial charge in [-0.15, -0.1) is 13.2 Å². The fourth-order valence-electron chi connectivity index (χ4n) is 2.86. The lowest BCUT2D eigenvalue weighted by Crippen LogP contribution is -2.46. The number of rotatable bonds is 6. The number of ether oxygens (including phenoxy) is 3. The van der Waals surface area contributed by atoms with Crippen LogP contribution in [0.1, 0.15) is 33.6 Å². The molecule has 1 fully saturated rings. The van der Waals surface area contributed by atoms with Gasteiger partial charge in [-0.3, -0.25) is 4.90 Å². The maximum absolute atomic E-state index is 12.2. The van der Waals surface area contributed by atoms with E-state index in [9.17, 15) is 18.0 Å². The highest BCUT2D eigenvalue weighted by molar-refractivity contribution is 9.10. The van der Waals surface area contributed by atoms with Gasteiger partial charge < -0.3 is 19.5 Å². The zero-order valence-corrected chi connectivity index (χ0v) is 18.2. The molecule has 1 aromatic carbocycles. The van der Waals surface area contributed by atoms with Gasteiger partial charge in [0, 0.05) is 25.7 Å². The summed E-state index contributed by atoms with van der Waals surface area (Å²) in [6.07, 6.45) is -3.51. The third-order valence-corrected chi connectivity index (χ3v) is 4.73. The number of carbonyl (C=O) groups is 1. The summed E-state index contributed by atoms with van der Waals surface area (Å²) in [6, 6.07) is 3.94. The van der Waals surface area contributed by atoms with Gasteiger partial charge in [-0.25, -0.2) is 4.79 Å². The number of benzene rings is 1. The summed E-state index contributed by atoms with van der Waals surface area (Å²) in [5.41, 5.74) is -0.520. The van der Waals surface area contributed by atoms with E-state index in [2.05, 4.69) is 30.9 Å². The molecule has 2 rings (SSSR count). The Hall–Kier alpha value is -1.68. The lowest BCUT2D eigenvalue weighted by Gasteiger charge is -2.32. The van der Waals surface area contributed by atoms with Crippen molar-refractivity contribution in [2.45, 2.75) is 51.6 Å². The van der Waals surface area contributed by atoms with Crippen LogP contribution in [0.25, 0.3) is 0 Å². The molecular formula is C19H26BrF3N2O4. The van der Waals surface area contributed by atoms with E-state index in [1.807, 2.05) is 20.8 Å². The van der Waals surface area contributed by atoms with Crippen LogP contribution in [0.3, 0.4) is 0 Å². The molecule has 29 heavy (non-hydrogen) atoms. The molecule has 1 saturated heterocycles. The lowest BCUT2D eigenvalue weighted by molar-refractivity contribution is -0.274. The number of amides is 1. The first-order valence-electron chi connectivity index (χ1n) is 9.31. The SMILES string of the molecule is CC(C)(C)OC(=O)NC1CCN(CCOc2ccc(OC(F)(F)F)cc2Br)CC1. The van der Waals surface area contributed by atoms with E-state index in [1.54, 1.807) is 0 Å². The van der Waals surface area contributed by atoms with Crippen LogP contribution in [0.4, 0.5) is 18.0 Å². The Morgan fingerprint density at radius 1 is 1.24 bits per heavy atom. The number of carbonyl (C=O) groups excluding carboxylic acids is 1. The molecule has 164 valence electrons. The quantitative estimate of drug-likeness (QED) is 0.635. The van der Waals surface area contributed by atoms with E-state index < -0.39 is 18.1 Å². The van der Waals surface area contributed by atoms with Crippen LogP contribution >= 0.6 is 15.9 Å². The van der Waals surface area contributed by atoms with Crippen LogP contribution in [-0.2, 0) is 4.74 Å². The first-order chi connectivity index (χ1) is 13.4. The van der Waals surface area contributed by atoms with Crippen LogP contribution in [0.15, 0.2) is 22.7 Å². The largest absolute Gasteiger partial charge is 0.573 e. The Labute approximate surface area is 176 Å². The normalized spacial score (nSPS) is 16.4. The number of nitrogens with zero attached hydrogens (tertiary/aromatic N) is 1. The van der Waals surface area contributed by atoms with E-state index >= 15 is 0 Å². The highest BCUT2D eigenvalue weighted by Gasteiger charge is 2.31. The molecule has 10 heteroatoms. The third kappa shape index (κ3) is 9.12. The maximum atomic E-state index is 12.2. The lowest BCUT2D eigenvalue weighted by atomic mass is 10.1. The second kappa shape index (κ2) is 9.88. The summed E-state index contributed by atoms with van der Waals surface area (Å²) < 4.78 is 51.9. The van der Waals surface area contributed by atoms with E-state index in [-0.39, 0.29) is 11.8 Å². The molecule has 1 aromatic rings. The molecule has 1 heterocycles. The van der Waals surface area contributed by atoms with Gasteiger partial charge in [0.05, 0.1) is 4.47 Å². The molecule has 1 N–H and O–H groups in total. The van der Waals surface area contributed by atoms with Crippen LogP contribution in [0.2, 0.25) is 0 Å². The van der Waals surface area contributed by atoms with Gasteiger partial charge in [0.1, 0.15) is 23.7 Å². The summed E-state index contributed by atoms with van der Waals surface area (Å²) in [7, 11) is 0. The molecule has 0 atom stereocenters. The van der Waals surface area contributed by atoms with Crippen LogP contribution in [0.5, 0.6) is 11.5 Å². The van der Waals surface area contributed by atoms with Gasteiger partial charge in [-0.1, -0.05) is 0 Å². The molecule has 0 aromatic heterocycles. The minimum atomic E-state index is -4.73. The topological polar surface area (TPSA) is 60.0 Å². The van der Waals surface area contributed by atoms with E-state index in [0.29, 0.717) is 23.4 Å². The van der Waals surface area contributed by atoms with Crippen LogP contribution in [0, 0.1) is 0 Å². The van der Waals surface area contributed by atoms with Crippen molar-refractivity contribution in [3.8, 4) is 11.5 Å². The number of nitrogens with one attached hydrogen (secondary N) is 1. The van der Waals surface area contributed by atoms with Crippen molar-refractivity contribution in [1.82, 2.24) is 10.2 Å². The molecule has 0 saturated carbocycles. The van der Waals surface area contributed by atoms with Gasteiger partial charge in [0.25, 0.3) is 0 Å². The van der Waals surface area contributed by atoms with Crippen molar-refractivity contribution in [3.05, 3.63) is 22.7 Å². The first-order valence-corrected chi connectivity index (χ1v) is 10.1. The van der Waals surface area contributed by atoms with Crippen molar-refractivity contribution in [2.75, 3.05) is 26.2 Å². The molecule has 1 aliphatic rings. The Morgan fingerprint density at radius 2 is 1.90 bits per heavy atom. The average molecular weight is 483 g/mol. The maximum Gasteiger partial charge on any atom is 0.573 e. The molecule has 1 aliphatic heterocycles. The first kappa shape index (κ1) is 23.6. The standard InChI is InChI=1S/C19H26BrF3N2O4/c1-18(2,3)29-17(26)24-13-6-8-25(9-7-13)10-11-27-16-5-4-14(12-15(16)20)28-19(21,22)23/h4-5,12-13H,6-11H2,1-3H3,(H,24,26). The Kier molecular flexibility index (Phi) is 8.04. The van der Waals surface area contributed by atoms with Gasteiger partial charge in [-0.2, -0.15) is 0 Å². The predicted molar refractivity (Wildman–Crippen MR) is 105 cm³/mol. The fourth-order valence-corrected chi connectivity index (χ4v) is 3.33.